The molecule has 1 nitrogen and oxygen atoms in total. The molecule has 19 heavy (non-hydrogen) atoms. The summed E-state index contributed by atoms with van der Waals surface area (Å²) in [6.07, 6.45) is 9.30. The summed E-state index contributed by atoms with van der Waals surface area (Å²) in [6, 6.07) is 6.25. The van der Waals surface area contributed by atoms with Gasteiger partial charge in [-0.25, -0.2) is 0 Å². The first-order valence-electron chi connectivity index (χ1n) is 7.57. The zero-order valence-electron chi connectivity index (χ0n) is 11.6. The number of benzene rings is 1. The highest BCUT2D eigenvalue weighted by molar-refractivity contribution is 6.31. The number of hydrogen-bond donors (Lipinski definition) is 1. The zero-order valence-corrected chi connectivity index (χ0v) is 12.4. The zero-order chi connectivity index (χ0) is 13.2. The van der Waals surface area contributed by atoms with Gasteiger partial charge in [0.2, 0.25) is 0 Å². The molecule has 2 aromatic rings. The number of fused-ring (bicyclic) bond motifs is 3. The van der Waals surface area contributed by atoms with E-state index in [0.717, 1.165) is 10.9 Å². The Kier molecular flexibility index (Phi) is 3.83. The fraction of sp³-hybridized carbons (Fsp3) is 0.529. The minimum absolute atomic E-state index is 0.825. The van der Waals surface area contributed by atoms with Crippen LogP contribution in [0.3, 0.4) is 0 Å². The van der Waals surface area contributed by atoms with Crippen LogP contribution in [0, 0.1) is 5.92 Å². The van der Waals surface area contributed by atoms with E-state index >= 15 is 0 Å². The Balaban J connectivity index is 1.81. The Morgan fingerprint density at radius 1 is 1.32 bits per heavy atom. The number of rotatable bonds is 4. The van der Waals surface area contributed by atoms with Gasteiger partial charge in [0.1, 0.15) is 0 Å². The van der Waals surface area contributed by atoms with E-state index in [1.54, 1.807) is 5.56 Å². The second kappa shape index (κ2) is 5.58. The molecule has 0 radical (unpaired) electrons. The lowest BCUT2D eigenvalue weighted by atomic mass is 9.83. The van der Waals surface area contributed by atoms with Crippen LogP contribution in [0.5, 0.6) is 0 Å². The summed E-state index contributed by atoms with van der Waals surface area (Å²) in [5.74, 6) is 0.883. The monoisotopic (exact) mass is 275 g/mol. The normalized spacial score (nSPS) is 18.7. The van der Waals surface area contributed by atoms with Crippen molar-refractivity contribution in [2.24, 2.45) is 5.92 Å². The van der Waals surface area contributed by atoms with Crippen LogP contribution in [0.1, 0.15) is 50.3 Å². The molecule has 3 rings (SSSR count). The van der Waals surface area contributed by atoms with Gasteiger partial charge in [-0.2, -0.15) is 0 Å². The van der Waals surface area contributed by atoms with Crippen LogP contribution in [-0.2, 0) is 12.8 Å². The molecular weight excluding hydrogens is 254 g/mol. The van der Waals surface area contributed by atoms with Gasteiger partial charge in [0.15, 0.2) is 0 Å². The quantitative estimate of drug-likeness (QED) is 0.709. The number of aromatic nitrogens is 1. The Morgan fingerprint density at radius 2 is 2.21 bits per heavy atom. The number of H-pyrrole nitrogens is 1. The van der Waals surface area contributed by atoms with Crippen molar-refractivity contribution >= 4 is 22.5 Å². The first-order valence-corrected chi connectivity index (χ1v) is 7.94. The Labute approximate surface area is 120 Å². The van der Waals surface area contributed by atoms with Crippen molar-refractivity contribution in [2.45, 2.75) is 51.9 Å². The molecule has 0 bridgehead atoms. The molecule has 0 saturated carbocycles. The number of nitrogens with one attached hydrogen (secondary N) is 1. The second-order valence-corrected chi connectivity index (χ2v) is 6.31. The highest BCUT2D eigenvalue weighted by Gasteiger charge is 2.22. The van der Waals surface area contributed by atoms with E-state index in [-0.39, 0.29) is 0 Å². The largest absolute Gasteiger partial charge is 0.358 e. The lowest BCUT2D eigenvalue weighted by molar-refractivity contribution is 0.408. The minimum Gasteiger partial charge on any atom is -0.358 e. The smallest absolute Gasteiger partial charge is 0.0473 e. The minimum atomic E-state index is 0.825. The fourth-order valence-electron chi connectivity index (χ4n) is 3.40. The number of unbranched alkanes of at least 4 members (excludes halogenated alkanes) is 2. The summed E-state index contributed by atoms with van der Waals surface area (Å²) >= 11 is 6.08. The molecule has 1 aromatic heterocycles. The summed E-state index contributed by atoms with van der Waals surface area (Å²) in [6.45, 7) is 2.28. The third kappa shape index (κ3) is 2.67. The van der Waals surface area contributed by atoms with Gasteiger partial charge in [0, 0.05) is 21.6 Å². The molecule has 102 valence electrons. The Bertz CT molecular complexity index is 570. The topological polar surface area (TPSA) is 15.8 Å². The molecule has 0 fully saturated rings. The van der Waals surface area contributed by atoms with Crippen molar-refractivity contribution in [2.75, 3.05) is 0 Å². The summed E-state index contributed by atoms with van der Waals surface area (Å²) in [4.78, 5) is 3.56. The van der Waals surface area contributed by atoms with Crippen molar-refractivity contribution in [3.05, 3.63) is 34.5 Å². The van der Waals surface area contributed by atoms with Crippen LogP contribution in [0.25, 0.3) is 10.9 Å². The molecule has 1 atom stereocenters. The van der Waals surface area contributed by atoms with Gasteiger partial charge in [-0.15, -0.1) is 0 Å². The SMILES string of the molecule is CCCCCC1CCc2[nH]c3cc(Cl)ccc3c2C1. The molecule has 0 saturated heterocycles. The summed E-state index contributed by atoms with van der Waals surface area (Å²) in [7, 11) is 0. The van der Waals surface area contributed by atoms with E-state index in [1.807, 2.05) is 6.07 Å². The van der Waals surface area contributed by atoms with Crippen molar-refractivity contribution < 1.29 is 0 Å². The molecule has 1 aliphatic rings. The number of halogens is 1. The van der Waals surface area contributed by atoms with E-state index in [0.29, 0.717) is 0 Å². The van der Waals surface area contributed by atoms with Gasteiger partial charge >= 0.3 is 0 Å². The average Bonchev–Trinajstić information content (AvgIpc) is 2.76. The average molecular weight is 276 g/mol. The van der Waals surface area contributed by atoms with Crippen LogP contribution < -0.4 is 0 Å². The maximum absolute atomic E-state index is 6.08. The van der Waals surface area contributed by atoms with Crippen molar-refractivity contribution in [3.63, 3.8) is 0 Å². The molecule has 1 N–H and O–H groups in total. The van der Waals surface area contributed by atoms with Crippen molar-refractivity contribution in [3.8, 4) is 0 Å². The summed E-state index contributed by atoms with van der Waals surface area (Å²) < 4.78 is 0. The molecule has 0 amide bonds. The van der Waals surface area contributed by atoms with Gasteiger partial charge in [-0.1, -0.05) is 50.3 Å². The van der Waals surface area contributed by atoms with Gasteiger partial charge in [-0.05, 0) is 42.9 Å². The first-order chi connectivity index (χ1) is 9.28. The van der Waals surface area contributed by atoms with E-state index in [2.05, 4.69) is 24.0 Å². The number of aryl methyl sites for hydroxylation is 1. The molecule has 2 heteroatoms. The van der Waals surface area contributed by atoms with Gasteiger partial charge in [-0.3, -0.25) is 0 Å². The Hall–Kier alpha value is -0.950. The maximum atomic E-state index is 6.08. The van der Waals surface area contributed by atoms with Crippen LogP contribution in [-0.4, -0.2) is 4.98 Å². The summed E-state index contributed by atoms with van der Waals surface area (Å²) in [5.41, 5.74) is 4.22. The van der Waals surface area contributed by atoms with E-state index in [4.69, 9.17) is 11.6 Å². The lowest BCUT2D eigenvalue weighted by Crippen LogP contribution is -2.13. The summed E-state index contributed by atoms with van der Waals surface area (Å²) in [5, 5.41) is 2.21. The number of hydrogen-bond acceptors (Lipinski definition) is 0. The van der Waals surface area contributed by atoms with Crippen molar-refractivity contribution in [1.82, 2.24) is 4.98 Å². The standard InChI is InChI=1S/C17H22ClN/c1-2-3-4-5-12-6-9-16-15(10-12)14-8-7-13(18)11-17(14)19-16/h7-8,11-12,19H,2-6,9-10H2,1H3. The van der Waals surface area contributed by atoms with Gasteiger partial charge < -0.3 is 4.98 Å². The molecule has 1 heterocycles. The van der Waals surface area contributed by atoms with Crippen molar-refractivity contribution in [1.29, 1.82) is 0 Å². The third-order valence-corrected chi connectivity index (χ3v) is 4.70. The van der Waals surface area contributed by atoms with Crippen LogP contribution in [0.15, 0.2) is 18.2 Å². The molecule has 0 aliphatic heterocycles. The molecule has 1 aliphatic carbocycles. The van der Waals surface area contributed by atoms with E-state index < -0.39 is 0 Å². The highest BCUT2D eigenvalue weighted by Crippen LogP contribution is 2.34. The van der Waals surface area contributed by atoms with Crippen LogP contribution >= 0.6 is 11.6 Å². The van der Waals surface area contributed by atoms with Crippen LogP contribution in [0.4, 0.5) is 0 Å². The fourth-order valence-corrected chi connectivity index (χ4v) is 3.57. The van der Waals surface area contributed by atoms with Crippen LogP contribution in [0.2, 0.25) is 5.02 Å². The molecule has 1 unspecified atom stereocenters. The maximum Gasteiger partial charge on any atom is 0.0473 e. The van der Waals surface area contributed by atoms with E-state index in [9.17, 15) is 0 Å². The van der Waals surface area contributed by atoms with Gasteiger partial charge in [0.25, 0.3) is 0 Å². The number of aromatic amines is 1. The third-order valence-electron chi connectivity index (χ3n) is 4.47. The lowest BCUT2D eigenvalue weighted by Gasteiger charge is -2.22. The Morgan fingerprint density at radius 3 is 3.05 bits per heavy atom. The van der Waals surface area contributed by atoms with E-state index in [1.165, 1.54) is 61.5 Å². The molecular formula is C17H22ClN. The molecule has 0 spiro atoms. The first kappa shape index (κ1) is 13.1. The molecule has 1 aromatic carbocycles. The predicted molar refractivity (Wildman–Crippen MR) is 83.0 cm³/mol. The van der Waals surface area contributed by atoms with Gasteiger partial charge in [0.05, 0.1) is 0 Å². The highest BCUT2D eigenvalue weighted by atomic mass is 35.5. The second-order valence-electron chi connectivity index (χ2n) is 5.88. The predicted octanol–water partition coefficient (Wildman–Crippen LogP) is 5.51.